The first-order valence-electron chi connectivity index (χ1n) is 8.80. The van der Waals surface area contributed by atoms with Gasteiger partial charge in [0, 0.05) is 16.9 Å². The Labute approximate surface area is 172 Å². The number of para-hydroxylation sites is 1. The fourth-order valence-electron chi connectivity index (χ4n) is 2.70. The molecule has 0 aliphatic rings. The number of anilines is 2. The van der Waals surface area contributed by atoms with Crippen LogP contribution in [-0.2, 0) is 21.2 Å². The molecule has 0 fully saturated rings. The van der Waals surface area contributed by atoms with Crippen LogP contribution >= 0.6 is 0 Å². The van der Waals surface area contributed by atoms with Crippen LogP contribution in [0.4, 0.5) is 15.8 Å². The second-order valence-corrected chi connectivity index (χ2v) is 8.07. The summed E-state index contributed by atoms with van der Waals surface area (Å²) in [6.07, 6.45) is -0.0133. The quantitative estimate of drug-likeness (QED) is 0.537. The number of hydrogen-bond donors (Lipinski definition) is 3. The number of primary amides is 1. The summed E-state index contributed by atoms with van der Waals surface area (Å²) in [7, 11) is -3.89. The minimum Gasteiger partial charge on any atom is -0.369 e. The Morgan fingerprint density at radius 1 is 0.900 bits per heavy atom. The van der Waals surface area contributed by atoms with Crippen LogP contribution < -0.4 is 15.8 Å². The topological polar surface area (TPSA) is 118 Å². The van der Waals surface area contributed by atoms with Gasteiger partial charge in [0.25, 0.3) is 15.9 Å². The predicted octanol–water partition coefficient (Wildman–Crippen LogP) is 2.91. The number of rotatable bonds is 7. The van der Waals surface area contributed by atoms with E-state index in [1.54, 1.807) is 24.3 Å². The monoisotopic (exact) mass is 427 g/mol. The molecule has 0 aliphatic carbocycles. The molecule has 0 unspecified atom stereocenters. The maximum absolute atomic E-state index is 13.0. The summed E-state index contributed by atoms with van der Waals surface area (Å²) < 4.78 is 40.1. The molecule has 0 heterocycles. The minimum atomic E-state index is -3.89. The number of halogens is 1. The summed E-state index contributed by atoms with van der Waals surface area (Å²) in [6, 6.07) is 17.0. The smallest absolute Gasteiger partial charge is 0.261 e. The van der Waals surface area contributed by atoms with Crippen LogP contribution in [0, 0.1) is 5.82 Å². The maximum atomic E-state index is 13.0. The van der Waals surface area contributed by atoms with Crippen molar-refractivity contribution in [3.63, 3.8) is 0 Å². The fraction of sp³-hybridized carbons (Fsp3) is 0.0476. The number of nitrogens with one attached hydrogen (secondary N) is 2. The normalized spacial score (nSPS) is 11.0. The zero-order valence-corrected chi connectivity index (χ0v) is 16.4. The molecule has 0 bridgehead atoms. The van der Waals surface area contributed by atoms with Crippen molar-refractivity contribution >= 4 is 33.2 Å². The molecule has 0 saturated carbocycles. The highest BCUT2D eigenvalue weighted by molar-refractivity contribution is 7.92. The van der Waals surface area contributed by atoms with Gasteiger partial charge in [0.05, 0.1) is 11.3 Å². The first-order valence-corrected chi connectivity index (χ1v) is 10.3. The van der Waals surface area contributed by atoms with Gasteiger partial charge >= 0.3 is 0 Å². The summed E-state index contributed by atoms with van der Waals surface area (Å²) in [4.78, 5) is 23.6. The third kappa shape index (κ3) is 5.21. The van der Waals surface area contributed by atoms with E-state index in [9.17, 15) is 22.4 Å². The van der Waals surface area contributed by atoms with Crippen LogP contribution in [0.25, 0.3) is 0 Å². The number of nitrogens with two attached hydrogens (primary N) is 1. The average molecular weight is 427 g/mol. The molecule has 0 spiro atoms. The Kier molecular flexibility index (Phi) is 6.12. The van der Waals surface area contributed by atoms with Crippen LogP contribution in [0.3, 0.4) is 0 Å². The molecule has 0 atom stereocenters. The average Bonchev–Trinajstić information content (AvgIpc) is 2.69. The first-order chi connectivity index (χ1) is 14.2. The van der Waals surface area contributed by atoms with Crippen molar-refractivity contribution in [3.05, 3.63) is 89.7 Å². The van der Waals surface area contributed by atoms with Gasteiger partial charge in [-0.15, -0.1) is 0 Å². The largest absolute Gasteiger partial charge is 0.369 e. The number of sulfonamides is 1. The van der Waals surface area contributed by atoms with Crippen molar-refractivity contribution in [3.8, 4) is 0 Å². The highest BCUT2D eigenvalue weighted by Crippen LogP contribution is 2.19. The molecule has 3 aromatic carbocycles. The molecule has 30 heavy (non-hydrogen) atoms. The van der Waals surface area contributed by atoms with Crippen molar-refractivity contribution in [2.24, 2.45) is 5.73 Å². The van der Waals surface area contributed by atoms with Crippen molar-refractivity contribution in [2.75, 3.05) is 10.0 Å². The van der Waals surface area contributed by atoms with E-state index in [0.29, 0.717) is 11.3 Å². The third-order valence-electron chi connectivity index (χ3n) is 4.15. The summed E-state index contributed by atoms with van der Waals surface area (Å²) in [5.74, 6) is -1.49. The third-order valence-corrected chi connectivity index (χ3v) is 5.55. The molecule has 7 nitrogen and oxygen atoms in total. The van der Waals surface area contributed by atoms with Crippen LogP contribution in [0.1, 0.15) is 15.9 Å². The zero-order chi connectivity index (χ0) is 21.7. The second-order valence-electron chi connectivity index (χ2n) is 6.39. The lowest BCUT2D eigenvalue weighted by Crippen LogP contribution is -2.17. The zero-order valence-electron chi connectivity index (χ0n) is 15.6. The van der Waals surface area contributed by atoms with Crippen LogP contribution in [-0.4, -0.2) is 20.2 Å². The first kappa shape index (κ1) is 21.0. The van der Waals surface area contributed by atoms with Gasteiger partial charge in [0.15, 0.2) is 0 Å². The highest BCUT2D eigenvalue weighted by atomic mass is 32.2. The molecule has 4 N–H and O–H groups in total. The van der Waals surface area contributed by atoms with E-state index < -0.39 is 27.7 Å². The Balaban J connectivity index is 1.72. The summed E-state index contributed by atoms with van der Waals surface area (Å²) in [6.45, 7) is 0. The Morgan fingerprint density at radius 3 is 2.17 bits per heavy atom. The summed E-state index contributed by atoms with van der Waals surface area (Å²) >= 11 is 0. The summed E-state index contributed by atoms with van der Waals surface area (Å²) in [5, 5.41) is 2.71. The van der Waals surface area contributed by atoms with E-state index in [4.69, 9.17) is 5.73 Å². The van der Waals surface area contributed by atoms with Gasteiger partial charge in [-0.05, 0) is 60.2 Å². The fourth-order valence-corrected chi connectivity index (χ4v) is 3.75. The van der Waals surface area contributed by atoms with E-state index in [1.807, 2.05) is 0 Å². The van der Waals surface area contributed by atoms with E-state index >= 15 is 0 Å². The summed E-state index contributed by atoms with van der Waals surface area (Å²) in [5.41, 5.74) is 6.80. The Hall–Kier alpha value is -3.72. The molecule has 3 aromatic rings. The molecular weight excluding hydrogens is 409 g/mol. The van der Waals surface area contributed by atoms with E-state index in [2.05, 4.69) is 10.0 Å². The standard InChI is InChI=1S/C21H18FN3O4S/c22-16-7-11-18(12-8-16)30(28,29)25-17-9-5-14(6-10-17)21(27)24-19-4-2-1-3-15(19)13-20(23)26/h1-12,25H,13H2,(H2,23,26)(H,24,27). The molecule has 0 aliphatic heterocycles. The SMILES string of the molecule is NC(=O)Cc1ccccc1NC(=O)c1ccc(NS(=O)(=O)c2ccc(F)cc2)cc1. The van der Waals surface area contributed by atoms with Gasteiger partial charge in [-0.2, -0.15) is 0 Å². The van der Waals surface area contributed by atoms with Gasteiger partial charge in [0.1, 0.15) is 5.82 Å². The van der Waals surface area contributed by atoms with E-state index in [1.165, 1.54) is 24.3 Å². The molecule has 154 valence electrons. The number of hydrogen-bond acceptors (Lipinski definition) is 4. The van der Waals surface area contributed by atoms with Gasteiger partial charge < -0.3 is 11.1 Å². The van der Waals surface area contributed by atoms with Crippen LogP contribution in [0.15, 0.2) is 77.7 Å². The predicted molar refractivity (Wildman–Crippen MR) is 111 cm³/mol. The Morgan fingerprint density at radius 2 is 1.53 bits per heavy atom. The van der Waals surface area contributed by atoms with Crippen LogP contribution in [0.2, 0.25) is 0 Å². The molecule has 2 amide bonds. The second kappa shape index (κ2) is 8.75. The van der Waals surface area contributed by atoms with Gasteiger partial charge in [-0.3, -0.25) is 14.3 Å². The van der Waals surface area contributed by atoms with Gasteiger partial charge in [-0.25, -0.2) is 12.8 Å². The molecule has 0 aromatic heterocycles. The van der Waals surface area contributed by atoms with Crippen LogP contribution in [0.5, 0.6) is 0 Å². The number of carbonyl (C=O) groups excluding carboxylic acids is 2. The molecule has 3 rings (SSSR count). The maximum Gasteiger partial charge on any atom is 0.261 e. The molecule has 9 heteroatoms. The van der Waals surface area contributed by atoms with Gasteiger partial charge in [-0.1, -0.05) is 18.2 Å². The van der Waals surface area contributed by atoms with Crippen molar-refractivity contribution < 1.29 is 22.4 Å². The lowest BCUT2D eigenvalue weighted by Gasteiger charge is -2.11. The lowest BCUT2D eigenvalue weighted by atomic mass is 10.1. The number of amides is 2. The van der Waals surface area contributed by atoms with E-state index in [-0.39, 0.29) is 22.6 Å². The number of benzene rings is 3. The Bertz CT molecular complexity index is 1180. The molecular formula is C21H18FN3O4S. The minimum absolute atomic E-state index is 0.0133. The van der Waals surface area contributed by atoms with E-state index in [0.717, 1.165) is 24.3 Å². The molecule has 0 radical (unpaired) electrons. The van der Waals surface area contributed by atoms with Crippen molar-refractivity contribution in [1.29, 1.82) is 0 Å². The van der Waals surface area contributed by atoms with Crippen molar-refractivity contribution in [1.82, 2.24) is 0 Å². The molecule has 0 saturated heterocycles. The lowest BCUT2D eigenvalue weighted by molar-refractivity contribution is -0.117. The van der Waals surface area contributed by atoms with Gasteiger partial charge in [0.2, 0.25) is 5.91 Å². The van der Waals surface area contributed by atoms with Crippen molar-refractivity contribution in [2.45, 2.75) is 11.3 Å². The highest BCUT2D eigenvalue weighted by Gasteiger charge is 2.15. The number of carbonyl (C=O) groups is 2.